The maximum absolute atomic E-state index is 12.5. The van der Waals surface area contributed by atoms with Crippen molar-refractivity contribution < 1.29 is 13.2 Å². The summed E-state index contributed by atoms with van der Waals surface area (Å²) in [6.07, 6.45) is 7.46. The van der Waals surface area contributed by atoms with Gasteiger partial charge in [-0.05, 0) is 43.5 Å². The van der Waals surface area contributed by atoms with Crippen LogP contribution in [0.15, 0.2) is 35.5 Å². The normalized spacial score (nSPS) is 12.0. The summed E-state index contributed by atoms with van der Waals surface area (Å²) in [5.74, 6) is 0.789. The number of carbonyl (C=O) groups is 1. The van der Waals surface area contributed by atoms with Gasteiger partial charge in [0.1, 0.15) is 5.82 Å². The van der Waals surface area contributed by atoms with Crippen molar-refractivity contribution in [2.75, 3.05) is 20.6 Å². The Kier molecular flexibility index (Phi) is 8.25. The molecule has 1 amide bonds. The predicted octanol–water partition coefficient (Wildman–Crippen LogP) is 2.73. The Morgan fingerprint density at radius 1 is 1.18 bits per heavy atom. The Labute approximate surface area is 195 Å². The molecule has 0 spiro atoms. The average Bonchev–Trinajstić information content (AvgIpc) is 3.35. The zero-order valence-corrected chi connectivity index (χ0v) is 20.7. The number of aromatic nitrogens is 4. The molecule has 0 atom stereocenters. The van der Waals surface area contributed by atoms with E-state index in [0.29, 0.717) is 24.9 Å². The predicted molar refractivity (Wildman–Crippen MR) is 128 cm³/mol. The smallest absolute Gasteiger partial charge is 0.242 e. The van der Waals surface area contributed by atoms with Crippen LogP contribution in [-0.2, 0) is 34.3 Å². The van der Waals surface area contributed by atoms with Gasteiger partial charge in [-0.1, -0.05) is 13.3 Å². The highest BCUT2D eigenvalue weighted by atomic mass is 32.2. The van der Waals surface area contributed by atoms with E-state index < -0.39 is 10.0 Å². The lowest BCUT2D eigenvalue weighted by Crippen LogP contribution is -2.26. The molecule has 0 radical (unpaired) electrons. The van der Waals surface area contributed by atoms with Crippen molar-refractivity contribution in [3.63, 3.8) is 0 Å². The Morgan fingerprint density at radius 3 is 2.64 bits per heavy atom. The van der Waals surface area contributed by atoms with E-state index in [2.05, 4.69) is 21.9 Å². The first kappa shape index (κ1) is 24.9. The largest absolute Gasteiger partial charge is 0.356 e. The summed E-state index contributed by atoms with van der Waals surface area (Å²) in [6.45, 7) is 6.27. The molecule has 0 aliphatic heterocycles. The second-order valence-corrected chi connectivity index (χ2v) is 10.6. The van der Waals surface area contributed by atoms with Crippen LogP contribution in [0.2, 0.25) is 0 Å². The van der Waals surface area contributed by atoms with E-state index in [1.165, 1.54) is 18.4 Å². The molecule has 0 bridgehead atoms. The highest BCUT2D eigenvalue weighted by molar-refractivity contribution is 7.89. The number of imidazole rings is 1. The highest BCUT2D eigenvalue weighted by Gasteiger charge is 2.20. The molecule has 2 heterocycles. The number of nitrogens with zero attached hydrogens (tertiary/aromatic N) is 5. The first-order valence-electron chi connectivity index (χ1n) is 11.4. The number of hydrogen-bond donors (Lipinski definition) is 1. The summed E-state index contributed by atoms with van der Waals surface area (Å²) in [6, 6.07) is 5.06. The number of aryl methyl sites for hydroxylation is 4. The van der Waals surface area contributed by atoms with Gasteiger partial charge in [-0.2, -0.15) is 5.10 Å². The molecule has 3 rings (SSSR count). The maximum Gasteiger partial charge on any atom is 0.242 e. The van der Waals surface area contributed by atoms with Gasteiger partial charge in [-0.25, -0.2) is 17.7 Å². The number of rotatable bonds is 12. The van der Waals surface area contributed by atoms with Crippen LogP contribution in [0.1, 0.15) is 44.0 Å². The van der Waals surface area contributed by atoms with Crippen molar-refractivity contribution in [2.45, 2.75) is 63.9 Å². The van der Waals surface area contributed by atoms with Crippen molar-refractivity contribution in [3.8, 4) is 0 Å². The summed E-state index contributed by atoms with van der Waals surface area (Å²) in [5.41, 5.74) is 2.65. The van der Waals surface area contributed by atoms with Crippen LogP contribution in [0.5, 0.6) is 0 Å². The van der Waals surface area contributed by atoms with E-state index in [-0.39, 0.29) is 10.8 Å². The van der Waals surface area contributed by atoms with Crippen molar-refractivity contribution in [3.05, 3.63) is 42.0 Å². The van der Waals surface area contributed by atoms with E-state index >= 15 is 0 Å². The molecule has 2 aromatic heterocycles. The summed E-state index contributed by atoms with van der Waals surface area (Å²) < 4.78 is 30.2. The quantitative estimate of drug-likeness (QED) is 0.407. The van der Waals surface area contributed by atoms with E-state index in [1.807, 2.05) is 30.1 Å². The summed E-state index contributed by atoms with van der Waals surface area (Å²) in [4.78, 5) is 17.3. The molecule has 0 aliphatic rings. The molecule has 0 saturated carbocycles. The van der Waals surface area contributed by atoms with E-state index in [9.17, 15) is 13.2 Å². The minimum absolute atomic E-state index is 0.0170. The maximum atomic E-state index is 12.5. The summed E-state index contributed by atoms with van der Waals surface area (Å²) in [5, 5.41) is 7.21. The van der Waals surface area contributed by atoms with Gasteiger partial charge in [0.15, 0.2) is 0 Å². The second-order valence-electron chi connectivity index (χ2n) is 8.46. The van der Waals surface area contributed by atoms with Gasteiger partial charge < -0.3 is 9.88 Å². The lowest BCUT2D eigenvalue weighted by molar-refractivity contribution is -0.121. The zero-order valence-electron chi connectivity index (χ0n) is 19.9. The van der Waals surface area contributed by atoms with Crippen molar-refractivity contribution >= 4 is 27.0 Å². The minimum Gasteiger partial charge on any atom is -0.356 e. The zero-order chi connectivity index (χ0) is 24.0. The fraction of sp³-hybridized carbons (Fsp3) is 0.522. The topological polar surface area (TPSA) is 102 Å². The third kappa shape index (κ3) is 6.20. The fourth-order valence-corrected chi connectivity index (χ4v) is 4.58. The van der Waals surface area contributed by atoms with Crippen molar-refractivity contribution in [1.82, 2.24) is 29.0 Å². The van der Waals surface area contributed by atoms with Gasteiger partial charge in [0.25, 0.3) is 0 Å². The number of carbonyl (C=O) groups excluding carboxylic acids is 1. The molecule has 0 fully saturated rings. The van der Waals surface area contributed by atoms with Crippen molar-refractivity contribution in [1.29, 1.82) is 0 Å². The third-order valence-electron chi connectivity index (χ3n) is 5.54. The standard InChI is InChI=1S/C23H34N6O3S/c1-5-6-14-29-21-9-8-19(33(31,32)27(3)4)15-20(21)26-22(29)10-11-23(30)24-12-7-13-28-17-18(2)16-25-28/h8-9,15-17H,5-7,10-14H2,1-4H3,(H,24,30). The van der Waals surface area contributed by atoms with Gasteiger partial charge in [0, 0.05) is 52.8 Å². The fourth-order valence-electron chi connectivity index (χ4n) is 3.66. The summed E-state index contributed by atoms with van der Waals surface area (Å²) >= 11 is 0. The molecule has 33 heavy (non-hydrogen) atoms. The number of nitrogens with one attached hydrogen (secondary N) is 1. The first-order valence-corrected chi connectivity index (χ1v) is 12.8. The summed E-state index contributed by atoms with van der Waals surface area (Å²) in [7, 11) is -0.506. The molecule has 0 saturated heterocycles. The first-order chi connectivity index (χ1) is 15.7. The van der Waals surface area contributed by atoms with Crippen LogP contribution in [0.3, 0.4) is 0 Å². The lowest BCUT2D eigenvalue weighted by Gasteiger charge is -2.11. The lowest BCUT2D eigenvalue weighted by atomic mass is 10.2. The van der Waals surface area contributed by atoms with Crippen LogP contribution in [0, 0.1) is 6.92 Å². The van der Waals surface area contributed by atoms with Gasteiger partial charge in [0.2, 0.25) is 15.9 Å². The SMILES string of the molecule is CCCCn1c(CCC(=O)NCCCn2cc(C)cn2)nc2cc(S(=O)(=O)N(C)C)ccc21. The number of amides is 1. The number of hydrogen-bond acceptors (Lipinski definition) is 5. The van der Waals surface area contributed by atoms with Crippen LogP contribution >= 0.6 is 0 Å². The molecular formula is C23H34N6O3S. The van der Waals surface area contributed by atoms with E-state index in [1.54, 1.807) is 12.1 Å². The number of unbranched alkanes of at least 4 members (excludes halogenated alkanes) is 1. The van der Waals surface area contributed by atoms with Gasteiger partial charge in [0.05, 0.1) is 22.1 Å². The highest BCUT2D eigenvalue weighted by Crippen LogP contribution is 2.23. The minimum atomic E-state index is -3.53. The molecule has 10 heteroatoms. The number of sulfonamides is 1. The van der Waals surface area contributed by atoms with Crippen LogP contribution in [-0.4, -0.2) is 58.6 Å². The Bertz CT molecular complexity index is 1200. The molecule has 9 nitrogen and oxygen atoms in total. The molecule has 0 unspecified atom stereocenters. The molecule has 0 aliphatic carbocycles. The molecule has 1 aromatic carbocycles. The molecular weight excluding hydrogens is 440 g/mol. The number of benzene rings is 1. The van der Waals surface area contributed by atoms with Gasteiger partial charge >= 0.3 is 0 Å². The third-order valence-corrected chi connectivity index (χ3v) is 7.35. The van der Waals surface area contributed by atoms with Gasteiger partial charge in [-0.3, -0.25) is 9.48 Å². The second kappa shape index (κ2) is 10.9. The Hall–Kier alpha value is -2.72. The Balaban J connectivity index is 1.65. The van der Waals surface area contributed by atoms with Crippen molar-refractivity contribution in [2.24, 2.45) is 0 Å². The van der Waals surface area contributed by atoms with E-state index in [0.717, 1.165) is 49.3 Å². The van der Waals surface area contributed by atoms with Crippen LogP contribution < -0.4 is 5.32 Å². The van der Waals surface area contributed by atoms with Gasteiger partial charge in [-0.15, -0.1) is 0 Å². The Morgan fingerprint density at radius 2 is 1.97 bits per heavy atom. The molecule has 3 aromatic rings. The molecule has 1 N–H and O–H groups in total. The van der Waals surface area contributed by atoms with E-state index in [4.69, 9.17) is 4.98 Å². The number of fused-ring (bicyclic) bond motifs is 1. The monoisotopic (exact) mass is 474 g/mol. The van der Waals surface area contributed by atoms with Crippen LogP contribution in [0.25, 0.3) is 11.0 Å². The molecule has 180 valence electrons. The average molecular weight is 475 g/mol. The van der Waals surface area contributed by atoms with Crippen LogP contribution in [0.4, 0.5) is 0 Å².